The van der Waals surface area contributed by atoms with Crippen molar-refractivity contribution in [3.63, 3.8) is 0 Å². The minimum Gasteiger partial charge on any atom is -0.481 e. The number of aliphatic hydroxyl groups is 2. The second-order valence-electron chi connectivity index (χ2n) is 9.30. The normalized spacial score (nSPS) is 19.2. The van der Waals surface area contributed by atoms with E-state index in [9.17, 15) is 33.3 Å². The van der Waals surface area contributed by atoms with Crippen LogP contribution in [-0.4, -0.2) is 67.2 Å². The molecule has 1 aliphatic heterocycles. The van der Waals surface area contributed by atoms with Crippen molar-refractivity contribution >= 4 is 5.97 Å². The van der Waals surface area contributed by atoms with Crippen LogP contribution in [0.2, 0.25) is 0 Å². The zero-order chi connectivity index (χ0) is 27.7. The maximum atomic E-state index is 14.0. The summed E-state index contributed by atoms with van der Waals surface area (Å²) < 4.78 is 52.0. The molecular weight excluding hydrogens is 521 g/mol. The topological polar surface area (TPSA) is 146 Å². The van der Waals surface area contributed by atoms with Crippen molar-refractivity contribution in [1.29, 1.82) is 0 Å². The third-order valence-corrected chi connectivity index (χ3v) is 6.48. The van der Waals surface area contributed by atoms with Crippen molar-refractivity contribution in [1.82, 2.24) is 20.2 Å². The molecule has 3 unspecified atom stereocenters. The Balaban J connectivity index is 1.34. The summed E-state index contributed by atoms with van der Waals surface area (Å²) in [4.78, 5) is 17.1. The highest BCUT2D eigenvalue weighted by Gasteiger charge is 2.43. The molecule has 0 bridgehead atoms. The van der Waals surface area contributed by atoms with Crippen molar-refractivity contribution in [2.24, 2.45) is 5.92 Å². The molecule has 0 saturated carbocycles. The predicted molar refractivity (Wildman–Crippen MR) is 129 cm³/mol. The summed E-state index contributed by atoms with van der Waals surface area (Å²) in [5.74, 6) is -2.91. The average molecular weight is 544 g/mol. The fourth-order valence-electron chi connectivity index (χ4n) is 4.62. The van der Waals surface area contributed by atoms with Crippen LogP contribution in [0, 0.1) is 5.92 Å². The summed E-state index contributed by atoms with van der Waals surface area (Å²) in [6.45, 7) is 0.570. The minimum absolute atomic E-state index is 0.000258. The maximum Gasteiger partial charge on any atom is 0.422 e. The van der Waals surface area contributed by atoms with Gasteiger partial charge in [-0.3, -0.25) is 9.69 Å². The van der Waals surface area contributed by atoms with Gasteiger partial charge >= 0.3 is 12.1 Å². The Morgan fingerprint density at radius 1 is 1.03 bits per heavy atom. The van der Waals surface area contributed by atoms with Gasteiger partial charge in [-0.25, -0.2) is 0 Å². The quantitative estimate of drug-likeness (QED) is 0.313. The van der Waals surface area contributed by atoms with E-state index in [-0.39, 0.29) is 37.4 Å². The van der Waals surface area contributed by atoms with E-state index in [1.165, 1.54) is 12.1 Å². The average Bonchev–Trinajstić information content (AvgIpc) is 3.57. The molecule has 2 aromatic carbocycles. The number of aromatic nitrogens is 3. The smallest absolute Gasteiger partial charge is 0.422 e. The van der Waals surface area contributed by atoms with Gasteiger partial charge in [-0.15, -0.1) is 0 Å². The molecule has 204 valence electrons. The van der Waals surface area contributed by atoms with Gasteiger partial charge in [0.25, 0.3) is 5.89 Å². The monoisotopic (exact) mass is 544 g/mol. The van der Waals surface area contributed by atoms with Gasteiger partial charge in [0.1, 0.15) is 11.3 Å². The summed E-state index contributed by atoms with van der Waals surface area (Å²) in [5.41, 5.74) is -0.387. The van der Waals surface area contributed by atoms with Gasteiger partial charge in [0.05, 0.1) is 18.1 Å². The molecule has 3 atom stereocenters. The number of hydrogen-bond donors (Lipinski definition) is 3. The number of rotatable bonds is 7. The van der Waals surface area contributed by atoms with Gasteiger partial charge in [-0.05, 0) is 12.0 Å². The summed E-state index contributed by atoms with van der Waals surface area (Å²) in [5, 5.41) is 37.3. The van der Waals surface area contributed by atoms with Gasteiger partial charge < -0.3 is 24.4 Å². The van der Waals surface area contributed by atoms with E-state index < -0.39 is 53.2 Å². The molecule has 2 aromatic heterocycles. The molecule has 3 heterocycles. The molecule has 1 aliphatic rings. The highest BCUT2D eigenvalue weighted by molar-refractivity contribution is 5.71. The van der Waals surface area contributed by atoms with E-state index in [0.717, 1.165) is 0 Å². The van der Waals surface area contributed by atoms with Crippen LogP contribution in [-0.2, 0) is 11.0 Å². The lowest BCUT2D eigenvalue weighted by atomic mass is 9.95. The number of carbonyl (C=O) groups is 1. The largest absolute Gasteiger partial charge is 0.481 e. The van der Waals surface area contributed by atoms with Crippen molar-refractivity contribution in [2.45, 2.75) is 24.8 Å². The van der Waals surface area contributed by atoms with Crippen LogP contribution in [0.4, 0.5) is 13.2 Å². The van der Waals surface area contributed by atoms with Gasteiger partial charge in [-0.1, -0.05) is 64.9 Å². The number of carboxylic acid groups (broad SMARTS) is 1. The molecule has 4 aromatic rings. The van der Waals surface area contributed by atoms with Crippen LogP contribution in [0.15, 0.2) is 63.6 Å². The Morgan fingerprint density at radius 2 is 1.74 bits per heavy atom. The Kier molecular flexibility index (Phi) is 7.21. The lowest BCUT2D eigenvalue weighted by Crippen LogP contribution is -2.46. The number of carboxylic acids is 1. The number of benzene rings is 2. The number of alkyl halides is 3. The number of nitrogens with zero attached hydrogens (tertiary/aromatic N) is 4. The standard InChI is InChI=1S/C26H23F3N4O6/c27-26(28,29)20-21(15-4-2-1-3-5-15)31-38-22(20)24-30-23(32-39-24)16-8-6-14(7-9-16)19(35)13-33-11-17(25(36)37)10-18(34)12-33/h1-9,17-19,34-35H,10-13H2,(H,36,37). The van der Waals surface area contributed by atoms with Gasteiger partial charge in [0.15, 0.2) is 0 Å². The number of piperidine rings is 1. The SMILES string of the molecule is O=C(O)C1CC(O)CN(CC(O)c2ccc(-c3noc(-c4onc(-c5ccccc5)c4C(F)(F)F)n3)cc2)C1. The highest BCUT2D eigenvalue weighted by atomic mass is 19.4. The molecule has 0 radical (unpaired) electrons. The molecule has 5 rings (SSSR count). The summed E-state index contributed by atoms with van der Waals surface area (Å²) in [6, 6.07) is 14.1. The molecule has 3 N–H and O–H groups in total. The number of aliphatic hydroxyl groups excluding tert-OH is 2. The van der Waals surface area contributed by atoms with Crippen molar-refractivity contribution in [3.05, 3.63) is 65.7 Å². The Bertz CT molecular complexity index is 1440. The molecule has 10 nitrogen and oxygen atoms in total. The van der Waals surface area contributed by atoms with Crippen LogP contribution in [0.3, 0.4) is 0 Å². The van der Waals surface area contributed by atoms with Crippen molar-refractivity contribution < 1.29 is 42.3 Å². The second-order valence-corrected chi connectivity index (χ2v) is 9.30. The zero-order valence-electron chi connectivity index (χ0n) is 20.2. The van der Waals surface area contributed by atoms with E-state index in [0.29, 0.717) is 11.1 Å². The molecule has 0 aliphatic carbocycles. The van der Waals surface area contributed by atoms with E-state index in [1.807, 2.05) is 0 Å². The summed E-state index contributed by atoms with van der Waals surface area (Å²) >= 11 is 0. The fraction of sp³-hybridized carbons (Fsp3) is 0.308. The maximum absolute atomic E-state index is 14.0. The third kappa shape index (κ3) is 5.70. The van der Waals surface area contributed by atoms with E-state index in [1.54, 1.807) is 47.4 Å². The number of hydrogen-bond acceptors (Lipinski definition) is 9. The fourth-order valence-corrected chi connectivity index (χ4v) is 4.62. The van der Waals surface area contributed by atoms with E-state index >= 15 is 0 Å². The molecular formula is C26H23F3N4O6. The first kappa shape index (κ1) is 26.5. The van der Waals surface area contributed by atoms with Crippen molar-refractivity contribution in [2.75, 3.05) is 19.6 Å². The number of likely N-dealkylation sites (tertiary alicyclic amines) is 1. The van der Waals surface area contributed by atoms with Crippen LogP contribution in [0.5, 0.6) is 0 Å². The lowest BCUT2D eigenvalue weighted by Gasteiger charge is -2.34. The minimum atomic E-state index is -4.80. The third-order valence-electron chi connectivity index (χ3n) is 6.48. The summed E-state index contributed by atoms with van der Waals surface area (Å²) in [6.07, 6.45) is -6.41. The molecule has 1 fully saturated rings. The lowest BCUT2D eigenvalue weighted by molar-refractivity contribution is -0.146. The Labute approximate surface area is 219 Å². The van der Waals surface area contributed by atoms with Crippen LogP contribution in [0.1, 0.15) is 23.7 Å². The number of β-amino-alcohol motifs (C(OH)–C–C–N with tert-alkyl or cyclic N) is 2. The molecule has 0 amide bonds. The first-order valence-electron chi connectivity index (χ1n) is 12.0. The first-order valence-corrected chi connectivity index (χ1v) is 12.0. The van der Waals surface area contributed by atoms with E-state index in [2.05, 4.69) is 15.3 Å². The van der Waals surface area contributed by atoms with Gasteiger partial charge in [-0.2, -0.15) is 18.2 Å². The molecule has 1 saturated heterocycles. The highest BCUT2D eigenvalue weighted by Crippen LogP contribution is 2.43. The predicted octanol–water partition coefficient (Wildman–Crippen LogP) is 3.88. The summed E-state index contributed by atoms with van der Waals surface area (Å²) in [7, 11) is 0. The first-order chi connectivity index (χ1) is 18.6. The zero-order valence-corrected chi connectivity index (χ0v) is 20.2. The molecule has 0 spiro atoms. The van der Waals surface area contributed by atoms with Crippen molar-refractivity contribution in [3.8, 4) is 34.3 Å². The molecule has 13 heteroatoms. The molecule has 39 heavy (non-hydrogen) atoms. The van der Waals surface area contributed by atoms with Crippen LogP contribution >= 0.6 is 0 Å². The number of halogens is 3. The Hall–Kier alpha value is -4.07. The van der Waals surface area contributed by atoms with Crippen LogP contribution in [0.25, 0.3) is 34.3 Å². The van der Waals surface area contributed by atoms with Crippen LogP contribution < -0.4 is 0 Å². The van der Waals surface area contributed by atoms with Gasteiger partial charge in [0.2, 0.25) is 11.6 Å². The second kappa shape index (κ2) is 10.6. The van der Waals surface area contributed by atoms with E-state index in [4.69, 9.17) is 9.05 Å². The Morgan fingerprint density at radius 3 is 2.41 bits per heavy atom. The number of aliphatic carboxylic acids is 1. The van der Waals surface area contributed by atoms with Gasteiger partial charge in [0, 0.05) is 30.8 Å².